The Hall–Kier alpha value is -2.87. The summed E-state index contributed by atoms with van der Waals surface area (Å²) in [5.41, 5.74) is 1.29. The Bertz CT molecular complexity index is 1060. The largest absolute Gasteiger partial charge is 0.497 e. The number of methoxy groups -OCH3 is 2. The van der Waals surface area contributed by atoms with E-state index in [2.05, 4.69) is 26.2 Å². The van der Waals surface area contributed by atoms with E-state index in [-0.39, 0.29) is 24.4 Å². The van der Waals surface area contributed by atoms with E-state index >= 15 is 0 Å². The number of ether oxygens (including phenoxy) is 2. The van der Waals surface area contributed by atoms with Crippen molar-refractivity contribution in [3.63, 3.8) is 0 Å². The lowest BCUT2D eigenvalue weighted by Crippen LogP contribution is -2.27. The fraction of sp³-hybridized carbons (Fsp3) is 0.250. The van der Waals surface area contributed by atoms with E-state index in [1.807, 2.05) is 18.2 Å². The molecular formula is C20H20BrN3O4. The van der Waals surface area contributed by atoms with Crippen LogP contribution in [0.15, 0.2) is 52.0 Å². The van der Waals surface area contributed by atoms with Gasteiger partial charge in [0.15, 0.2) is 0 Å². The van der Waals surface area contributed by atoms with E-state index in [1.165, 1.54) is 10.9 Å². The van der Waals surface area contributed by atoms with E-state index in [4.69, 9.17) is 9.47 Å². The maximum atomic E-state index is 12.6. The Balaban J connectivity index is 1.63. The van der Waals surface area contributed by atoms with Gasteiger partial charge in [-0.05, 0) is 30.3 Å². The van der Waals surface area contributed by atoms with Crippen LogP contribution in [0.3, 0.4) is 0 Å². The standard InChI is InChI=1S/C20H20BrN3O4/c1-27-15-5-3-13(18(10-15)28-2)11-22-19(25)7-8-24-12-23-17-6-4-14(21)9-16(17)20(24)26/h3-6,9-10,12H,7-8,11H2,1-2H3,(H,22,25). The predicted octanol–water partition coefficient (Wildman–Crippen LogP) is 2.88. The molecule has 7 nitrogen and oxygen atoms in total. The zero-order valence-corrected chi connectivity index (χ0v) is 17.2. The number of benzene rings is 2. The highest BCUT2D eigenvalue weighted by Gasteiger charge is 2.09. The van der Waals surface area contributed by atoms with E-state index < -0.39 is 0 Å². The summed E-state index contributed by atoms with van der Waals surface area (Å²) >= 11 is 3.36. The molecule has 0 unspecified atom stereocenters. The molecule has 8 heteroatoms. The number of nitrogens with one attached hydrogen (secondary N) is 1. The third-order valence-corrected chi connectivity index (χ3v) is 4.83. The van der Waals surface area contributed by atoms with Gasteiger partial charge >= 0.3 is 0 Å². The van der Waals surface area contributed by atoms with Crippen molar-refractivity contribution >= 4 is 32.7 Å². The summed E-state index contributed by atoms with van der Waals surface area (Å²) in [5, 5.41) is 3.36. The molecule has 0 saturated heterocycles. The molecule has 1 N–H and O–H groups in total. The number of rotatable bonds is 7. The summed E-state index contributed by atoms with van der Waals surface area (Å²) < 4.78 is 12.7. The van der Waals surface area contributed by atoms with Crippen LogP contribution in [0.2, 0.25) is 0 Å². The monoisotopic (exact) mass is 445 g/mol. The number of aromatic nitrogens is 2. The van der Waals surface area contributed by atoms with Crippen LogP contribution < -0.4 is 20.3 Å². The second-order valence-corrected chi connectivity index (χ2v) is 7.02. The highest BCUT2D eigenvalue weighted by atomic mass is 79.9. The van der Waals surface area contributed by atoms with E-state index in [0.717, 1.165) is 10.0 Å². The van der Waals surface area contributed by atoms with Crippen LogP contribution in [-0.4, -0.2) is 29.7 Å². The minimum absolute atomic E-state index is 0.166. The van der Waals surface area contributed by atoms with Crippen LogP contribution in [0.1, 0.15) is 12.0 Å². The zero-order chi connectivity index (χ0) is 20.1. The topological polar surface area (TPSA) is 82.5 Å². The first kappa shape index (κ1) is 19.9. The molecule has 3 rings (SSSR count). The summed E-state index contributed by atoms with van der Waals surface area (Å²) in [6.07, 6.45) is 1.64. The average molecular weight is 446 g/mol. The molecule has 1 heterocycles. The van der Waals surface area contributed by atoms with Gasteiger partial charge in [0, 0.05) is 35.6 Å². The fourth-order valence-electron chi connectivity index (χ4n) is 2.79. The molecule has 0 fully saturated rings. The number of carbonyl (C=O) groups excluding carboxylic acids is 1. The van der Waals surface area contributed by atoms with E-state index in [1.54, 1.807) is 32.4 Å². The molecule has 0 aliphatic heterocycles. The SMILES string of the molecule is COc1ccc(CNC(=O)CCn2cnc3ccc(Br)cc3c2=O)c(OC)c1. The number of amides is 1. The molecule has 2 aromatic carbocycles. The zero-order valence-electron chi connectivity index (χ0n) is 15.6. The van der Waals surface area contributed by atoms with Crippen molar-refractivity contribution in [1.82, 2.24) is 14.9 Å². The van der Waals surface area contributed by atoms with E-state index in [9.17, 15) is 9.59 Å². The van der Waals surface area contributed by atoms with E-state index in [0.29, 0.717) is 28.9 Å². The lowest BCUT2D eigenvalue weighted by atomic mass is 10.2. The van der Waals surface area contributed by atoms with Gasteiger partial charge in [0.05, 0.1) is 31.4 Å². The molecule has 0 aliphatic carbocycles. The number of hydrogen-bond donors (Lipinski definition) is 1. The lowest BCUT2D eigenvalue weighted by Gasteiger charge is -2.12. The summed E-state index contributed by atoms with van der Waals surface area (Å²) in [5.74, 6) is 1.15. The Morgan fingerprint density at radius 3 is 2.75 bits per heavy atom. The summed E-state index contributed by atoms with van der Waals surface area (Å²) in [7, 11) is 3.15. The average Bonchev–Trinajstić information content (AvgIpc) is 2.72. The van der Waals surface area contributed by atoms with Crippen molar-refractivity contribution in [3.8, 4) is 11.5 Å². The van der Waals surface area contributed by atoms with Crippen LogP contribution in [0, 0.1) is 0 Å². The first-order chi connectivity index (χ1) is 13.5. The maximum absolute atomic E-state index is 12.6. The normalized spacial score (nSPS) is 10.7. The number of hydrogen-bond acceptors (Lipinski definition) is 5. The number of aryl methyl sites for hydroxylation is 1. The molecule has 0 atom stereocenters. The molecule has 0 saturated carbocycles. The van der Waals surface area contributed by atoms with Gasteiger partial charge in [-0.2, -0.15) is 0 Å². The maximum Gasteiger partial charge on any atom is 0.261 e. The Morgan fingerprint density at radius 1 is 1.18 bits per heavy atom. The first-order valence-electron chi connectivity index (χ1n) is 8.64. The van der Waals surface area contributed by atoms with Crippen LogP contribution in [0.5, 0.6) is 11.5 Å². The first-order valence-corrected chi connectivity index (χ1v) is 9.43. The highest BCUT2D eigenvalue weighted by molar-refractivity contribution is 9.10. The fourth-order valence-corrected chi connectivity index (χ4v) is 3.15. The molecule has 0 bridgehead atoms. The van der Waals surface area contributed by atoms with Crippen molar-refractivity contribution < 1.29 is 14.3 Å². The van der Waals surface area contributed by atoms with Crippen LogP contribution in [0.25, 0.3) is 10.9 Å². The van der Waals surface area contributed by atoms with Gasteiger partial charge in [-0.15, -0.1) is 0 Å². The molecule has 0 radical (unpaired) electrons. The van der Waals surface area contributed by atoms with Crippen molar-refractivity contribution in [1.29, 1.82) is 0 Å². The third kappa shape index (κ3) is 4.51. The molecule has 0 aliphatic rings. The molecule has 3 aromatic rings. The van der Waals surface area contributed by atoms with Gasteiger partial charge in [0.25, 0.3) is 5.56 Å². The Kier molecular flexibility index (Phi) is 6.30. The summed E-state index contributed by atoms with van der Waals surface area (Å²) in [6.45, 7) is 0.573. The van der Waals surface area contributed by atoms with Crippen molar-refractivity contribution in [2.45, 2.75) is 19.5 Å². The van der Waals surface area contributed by atoms with Gasteiger partial charge < -0.3 is 14.8 Å². The van der Waals surface area contributed by atoms with Crippen LogP contribution >= 0.6 is 15.9 Å². The van der Waals surface area contributed by atoms with Crippen LogP contribution in [-0.2, 0) is 17.9 Å². The number of halogens is 1. The van der Waals surface area contributed by atoms with Gasteiger partial charge in [0.1, 0.15) is 11.5 Å². The van der Waals surface area contributed by atoms with Gasteiger partial charge in [-0.1, -0.05) is 15.9 Å². The smallest absolute Gasteiger partial charge is 0.261 e. The minimum atomic E-state index is -0.170. The van der Waals surface area contributed by atoms with Gasteiger partial charge in [0.2, 0.25) is 5.91 Å². The quantitative estimate of drug-likeness (QED) is 0.604. The summed E-state index contributed by atoms with van der Waals surface area (Å²) in [6, 6.07) is 10.8. The molecule has 0 spiro atoms. The van der Waals surface area contributed by atoms with Gasteiger partial charge in [-0.3, -0.25) is 14.2 Å². The van der Waals surface area contributed by atoms with Gasteiger partial charge in [-0.25, -0.2) is 4.98 Å². The minimum Gasteiger partial charge on any atom is -0.497 e. The molecule has 1 amide bonds. The molecule has 28 heavy (non-hydrogen) atoms. The summed E-state index contributed by atoms with van der Waals surface area (Å²) in [4.78, 5) is 29.1. The van der Waals surface area contributed by atoms with Crippen LogP contribution in [0.4, 0.5) is 0 Å². The second-order valence-electron chi connectivity index (χ2n) is 6.11. The number of nitrogens with zero attached hydrogens (tertiary/aromatic N) is 2. The predicted molar refractivity (Wildman–Crippen MR) is 110 cm³/mol. The lowest BCUT2D eigenvalue weighted by molar-refractivity contribution is -0.121. The van der Waals surface area contributed by atoms with Crippen molar-refractivity contribution in [2.24, 2.45) is 0 Å². The molecule has 146 valence electrons. The Labute approximate surface area is 170 Å². The molecule has 1 aromatic heterocycles. The number of fused-ring (bicyclic) bond motifs is 1. The van der Waals surface area contributed by atoms with Crippen molar-refractivity contribution in [2.75, 3.05) is 14.2 Å². The Morgan fingerprint density at radius 2 is 2.00 bits per heavy atom. The second kappa shape index (κ2) is 8.88. The highest BCUT2D eigenvalue weighted by Crippen LogP contribution is 2.24. The third-order valence-electron chi connectivity index (χ3n) is 4.34. The van der Waals surface area contributed by atoms with Crippen molar-refractivity contribution in [3.05, 3.63) is 63.1 Å². The molecular weight excluding hydrogens is 426 g/mol. The number of carbonyl (C=O) groups is 1.